The molecule has 1 heterocycles. The van der Waals surface area contributed by atoms with Gasteiger partial charge in [0.25, 0.3) is 0 Å². The Morgan fingerprint density at radius 2 is 2.24 bits per heavy atom. The summed E-state index contributed by atoms with van der Waals surface area (Å²) >= 11 is 8.75. The Balaban J connectivity index is 2.21. The maximum atomic E-state index is 13.1. The average Bonchev–Trinajstić information content (AvgIpc) is 2.79. The summed E-state index contributed by atoms with van der Waals surface area (Å²) in [4.78, 5) is 0. The second-order valence-electron chi connectivity index (χ2n) is 3.55. The number of hydrogen-bond donors (Lipinski definition) is 0. The van der Waals surface area contributed by atoms with Gasteiger partial charge in [-0.25, -0.2) is 9.07 Å². The summed E-state index contributed by atoms with van der Waals surface area (Å²) < 4.78 is 15.1. The first kappa shape index (κ1) is 12.5. The van der Waals surface area contributed by atoms with Crippen LogP contribution >= 0.6 is 27.5 Å². The van der Waals surface area contributed by atoms with Crippen LogP contribution in [0.5, 0.6) is 0 Å². The van der Waals surface area contributed by atoms with E-state index < -0.39 is 0 Å². The zero-order valence-electron chi connectivity index (χ0n) is 8.91. The zero-order valence-corrected chi connectivity index (χ0v) is 11.2. The first-order valence-corrected chi connectivity index (χ1v) is 6.46. The third-order valence-electron chi connectivity index (χ3n) is 2.28. The molecule has 0 amide bonds. The molecule has 0 aliphatic carbocycles. The van der Waals surface area contributed by atoms with E-state index in [0.29, 0.717) is 10.4 Å². The van der Waals surface area contributed by atoms with Crippen molar-refractivity contribution in [2.45, 2.75) is 12.8 Å². The molecule has 1 aromatic heterocycles. The topological polar surface area (TPSA) is 30.7 Å². The molecule has 90 valence electrons. The summed E-state index contributed by atoms with van der Waals surface area (Å²) in [5.41, 5.74) is 1.65. The number of aryl methyl sites for hydroxylation is 1. The van der Waals surface area contributed by atoms with E-state index in [1.165, 1.54) is 6.07 Å². The summed E-state index contributed by atoms with van der Waals surface area (Å²) in [6.07, 6.45) is 3.49. The smallest absolute Gasteiger partial charge is 0.137 e. The van der Waals surface area contributed by atoms with Crippen LogP contribution in [0.25, 0.3) is 5.69 Å². The van der Waals surface area contributed by atoms with Gasteiger partial charge in [0.1, 0.15) is 5.82 Å². The normalized spacial score (nSPS) is 10.8. The van der Waals surface area contributed by atoms with Gasteiger partial charge >= 0.3 is 0 Å². The third-order valence-corrected chi connectivity index (χ3v) is 3.15. The molecule has 0 aliphatic heterocycles. The largest absolute Gasteiger partial charge is 0.220 e. The Hall–Kier alpha value is -0.940. The maximum absolute atomic E-state index is 13.1. The maximum Gasteiger partial charge on any atom is 0.137 e. The lowest BCUT2D eigenvalue weighted by Crippen LogP contribution is -1.95. The van der Waals surface area contributed by atoms with Crippen LogP contribution in [0.4, 0.5) is 4.39 Å². The van der Waals surface area contributed by atoms with Crippen molar-refractivity contribution >= 4 is 27.5 Å². The number of halogens is 3. The molecule has 0 fully saturated rings. The van der Waals surface area contributed by atoms with Gasteiger partial charge in [0.15, 0.2) is 0 Å². The van der Waals surface area contributed by atoms with E-state index >= 15 is 0 Å². The zero-order chi connectivity index (χ0) is 12.3. The lowest BCUT2D eigenvalue weighted by atomic mass is 10.3. The first-order valence-electron chi connectivity index (χ1n) is 5.13. The number of alkyl halides is 1. The highest BCUT2D eigenvalue weighted by atomic mass is 79.9. The molecule has 0 bridgehead atoms. The number of nitrogens with zero attached hydrogens (tertiary/aromatic N) is 3. The van der Waals surface area contributed by atoms with Gasteiger partial charge in [-0.15, -0.1) is 16.7 Å². The molecular formula is C11H10BrClFN3. The van der Waals surface area contributed by atoms with E-state index in [-0.39, 0.29) is 5.82 Å². The summed E-state index contributed by atoms with van der Waals surface area (Å²) in [6.45, 7) is 0. The first-order chi connectivity index (χ1) is 8.20. The van der Waals surface area contributed by atoms with Crippen molar-refractivity contribution in [3.63, 3.8) is 0 Å². The second-order valence-corrected chi connectivity index (χ2v) is 4.78. The number of aromatic nitrogens is 3. The van der Waals surface area contributed by atoms with E-state index in [9.17, 15) is 4.39 Å². The minimum absolute atomic E-state index is 0.295. The predicted molar refractivity (Wildman–Crippen MR) is 68.1 cm³/mol. The van der Waals surface area contributed by atoms with Gasteiger partial charge in [0, 0.05) is 5.88 Å². The van der Waals surface area contributed by atoms with Crippen LogP contribution in [0, 0.1) is 5.82 Å². The van der Waals surface area contributed by atoms with Crippen molar-refractivity contribution < 1.29 is 4.39 Å². The Morgan fingerprint density at radius 1 is 1.41 bits per heavy atom. The molecular weight excluding hydrogens is 308 g/mol. The van der Waals surface area contributed by atoms with Crippen LogP contribution in [-0.4, -0.2) is 20.9 Å². The van der Waals surface area contributed by atoms with Crippen LogP contribution in [0.1, 0.15) is 12.1 Å². The van der Waals surface area contributed by atoms with Crippen LogP contribution in [0.3, 0.4) is 0 Å². The summed E-state index contributed by atoms with van der Waals surface area (Å²) in [6, 6.07) is 4.70. The molecule has 0 aliphatic rings. The fourth-order valence-corrected chi connectivity index (χ4v) is 1.91. The number of rotatable bonds is 4. The van der Waals surface area contributed by atoms with Crippen LogP contribution < -0.4 is 0 Å². The highest BCUT2D eigenvalue weighted by Crippen LogP contribution is 2.19. The molecule has 0 saturated carbocycles. The average molecular weight is 319 g/mol. The molecule has 0 spiro atoms. The summed E-state index contributed by atoms with van der Waals surface area (Å²) in [7, 11) is 0. The molecule has 0 saturated heterocycles. The molecule has 0 N–H and O–H groups in total. The monoisotopic (exact) mass is 317 g/mol. The van der Waals surface area contributed by atoms with Crippen LogP contribution in [-0.2, 0) is 6.42 Å². The molecule has 2 rings (SSSR count). The van der Waals surface area contributed by atoms with E-state index in [1.807, 2.05) is 6.20 Å². The Labute approximate surface area is 112 Å². The van der Waals surface area contributed by atoms with Crippen LogP contribution in [0.15, 0.2) is 28.9 Å². The molecule has 17 heavy (non-hydrogen) atoms. The summed E-state index contributed by atoms with van der Waals surface area (Å²) in [5, 5.41) is 8.02. The second kappa shape index (κ2) is 5.60. The Kier molecular flexibility index (Phi) is 4.12. The van der Waals surface area contributed by atoms with E-state index in [0.717, 1.165) is 24.2 Å². The van der Waals surface area contributed by atoms with Crippen molar-refractivity contribution in [2.24, 2.45) is 0 Å². The quantitative estimate of drug-likeness (QED) is 0.810. The van der Waals surface area contributed by atoms with E-state index in [2.05, 4.69) is 26.2 Å². The van der Waals surface area contributed by atoms with Gasteiger partial charge in [0.2, 0.25) is 0 Å². The summed E-state index contributed by atoms with van der Waals surface area (Å²) in [5.74, 6) is 0.311. The van der Waals surface area contributed by atoms with Gasteiger partial charge in [-0.05, 0) is 47.0 Å². The van der Waals surface area contributed by atoms with Crippen molar-refractivity contribution in [2.75, 3.05) is 5.88 Å². The fraction of sp³-hybridized carbons (Fsp3) is 0.273. The third kappa shape index (κ3) is 3.04. The van der Waals surface area contributed by atoms with Gasteiger partial charge in [-0.3, -0.25) is 0 Å². The molecule has 6 heteroatoms. The van der Waals surface area contributed by atoms with Gasteiger partial charge in [0.05, 0.1) is 22.1 Å². The van der Waals surface area contributed by atoms with Crippen molar-refractivity contribution in [1.29, 1.82) is 0 Å². The van der Waals surface area contributed by atoms with Crippen LogP contribution in [0.2, 0.25) is 0 Å². The van der Waals surface area contributed by atoms with E-state index in [1.54, 1.807) is 16.8 Å². The lowest BCUT2D eigenvalue weighted by Gasteiger charge is -2.01. The molecule has 2 aromatic rings. The van der Waals surface area contributed by atoms with Gasteiger partial charge < -0.3 is 0 Å². The molecule has 1 aromatic carbocycles. The minimum atomic E-state index is -0.295. The van der Waals surface area contributed by atoms with Gasteiger partial charge in [-0.1, -0.05) is 5.21 Å². The highest BCUT2D eigenvalue weighted by Gasteiger charge is 2.05. The highest BCUT2D eigenvalue weighted by molar-refractivity contribution is 9.10. The number of benzene rings is 1. The van der Waals surface area contributed by atoms with Crippen molar-refractivity contribution in [3.05, 3.63) is 40.4 Å². The SMILES string of the molecule is Fc1ccc(-n2cc(CCCCl)nn2)cc1Br. The standard InChI is InChI=1S/C11H10BrClFN3/c12-10-6-9(3-4-11(10)14)17-7-8(15-16-17)2-1-5-13/h3-4,6-7H,1-2,5H2. The molecule has 0 radical (unpaired) electrons. The van der Waals surface area contributed by atoms with Gasteiger partial charge in [-0.2, -0.15) is 0 Å². The van der Waals surface area contributed by atoms with E-state index in [4.69, 9.17) is 11.6 Å². The Bertz CT molecular complexity index is 515. The Morgan fingerprint density at radius 3 is 2.94 bits per heavy atom. The molecule has 3 nitrogen and oxygen atoms in total. The van der Waals surface area contributed by atoms with Crippen molar-refractivity contribution in [3.8, 4) is 5.69 Å². The number of hydrogen-bond acceptors (Lipinski definition) is 2. The molecule has 0 atom stereocenters. The fourth-order valence-electron chi connectivity index (χ4n) is 1.41. The minimum Gasteiger partial charge on any atom is -0.220 e. The predicted octanol–water partition coefficient (Wildman–Crippen LogP) is 3.34. The van der Waals surface area contributed by atoms with Crippen molar-refractivity contribution in [1.82, 2.24) is 15.0 Å². The lowest BCUT2D eigenvalue weighted by molar-refractivity contribution is 0.620. The molecule has 0 unspecified atom stereocenters.